The molecule has 1 aliphatic rings. The highest BCUT2D eigenvalue weighted by molar-refractivity contribution is 6.36. The molecule has 1 aliphatic heterocycles. The Morgan fingerprint density at radius 1 is 1.35 bits per heavy atom. The Kier molecular flexibility index (Phi) is 3.56. The average Bonchev–Trinajstić information content (AvgIpc) is 2.60. The molecule has 1 saturated heterocycles. The topological polar surface area (TPSA) is 46.4 Å². The minimum absolute atomic E-state index is 0.240. The van der Waals surface area contributed by atoms with Crippen LogP contribution in [0.15, 0.2) is 18.2 Å². The molecule has 1 heterocycles. The van der Waals surface area contributed by atoms with E-state index in [1.54, 1.807) is 18.2 Å². The summed E-state index contributed by atoms with van der Waals surface area (Å²) in [6.45, 7) is 1.04. The second kappa shape index (κ2) is 4.80. The van der Waals surface area contributed by atoms with E-state index in [0.29, 0.717) is 28.7 Å². The lowest BCUT2D eigenvalue weighted by molar-refractivity contribution is -0.521. The van der Waals surface area contributed by atoms with Gasteiger partial charge in [0.15, 0.2) is 0 Å². The molecule has 0 amide bonds. The zero-order valence-corrected chi connectivity index (χ0v) is 10.8. The molecular weight excluding hydrogens is 263 g/mol. The summed E-state index contributed by atoms with van der Waals surface area (Å²) in [5.74, 6) is -0.240. The molecule has 0 aromatic heterocycles. The van der Waals surface area contributed by atoms with Gasteiger partial charge in [-0.1, -0.05) is 29.3 Å². The van der Waals surface area contributed by atoms with Crippen molar-refractivity contribution < 1.29 is 4.92 Å². The van der Waals surface area contributed by atoms with E-state index in [0.717, 1.165) is 0 Å². The van der Waals surface area contributed by atoms with Gasteiger partial charge < -0.3 is 0 Å². The standard InChI is InChI=1S/C11H12Cl2N2O2/c1-14-5-7(10(6-14)15(16)17)11-8(12)3-2-4-9(11)13/h2-4,7,10H,5-6H2,1H3. The average molecular weight is 275 g/mol. The summed E-state index contributed by atoms with van der Waals surface area (Å²) in [5, 5.41) is 12.1. The predicted octanol–water partition coefficient (Wildman–Crippen LogP) is 2.67. The Bertz CT molecular complexity index is 433. The normalized spacial score (nSPS) is 25.1. The molecule has 17 heavy (non-hydrogen) atoms. The van der Waals surface area contributed by atoms with Crippen LogP contribution in [0.2, 0.25) is 10.0 Å². The number of halogens is 2. The number of likely N-dealkylation sites (N-methyl/N-ethyl adjacent to an activating group) is 1. The molecule has 2 unspecified atom stereocenters. The molecule has 0 radical (unpaired) electrons. The fraction of sp³-hybridized carbons (Fsp3) is 0.455. The van der Waals surface area contributed by atoms with Gasteiger partial charge in [0, 0.05) is 27.1 Å². The first kappa shape index (κ1) is 12.6. The first-order valence-electron chi connectivity index (χ1n) is 5.26. The fourth-order valence-electron chi connectivity index (χ4n) is 2.34. The van der Waals surface area contributed by atoms with Crippen LogP contribution >= 0.6 is 23.2 Å². The molecule has 0 spiro atoms. The Hall–Kier alpha value is -0.840. The van der Waals surface area contributed by atoms with Gasteiger partial charge in [-0.25, -0.2) is 0 Å². The minimum Gasteiger partial charge on any atom is -0.299 e. The van der Waals surface area contributed by atoms with Gasteiger partial charge in [-0.15, -0.1) is 0 Å². The first-order chi connectivity index (χ1) is 8.00. The Morgan fingerprint density at radius 2 is 1.94 bits per heavy atom. The quantitative estimate of drug-likeness (QED) is 0.615. The summed E-state index contributed by atoms with van der Waals surface area (Å²) >= 11 is 12.2. The van der Waals surface area contributed by atoms with Crippen LogP contribution in [0.25, 0.3) is 0 Å². The fourth-order valence-corrected chi connectivity index (χ4v) is 3.02. The third-order valence-electron chi connectivity index (χ3n) is 3.11. The van der Waals surface area contributed by atoms with Gasteiger partial charge in [0.25, 0.3) is 0 Å². The van der Waals surface area contributed by atoms with Crippen molar-refractivity contribution in [2.24, 2.45) is 0 Å². The minimum atomic E-state index is -0.641. The van der Waals surface area contributed by atoms with E-state index >= 15 is 0 Å². The number of rotatable bonds is 2. The maximum Gasteiger partial charge on any atom is 0.233 e. The number of benzene rings is 1. The van der Waals surface area contributed by atoms with E-state index in [4.69, 9.17) is 23.2 Å². The van der Waals surface area contributed by atoms with E-state index in [1.807, 2.05) is 11.9 Å². The number of hydrogen-bond donors (Lipinski definition) is 0. The molecule has 92 valence electrons. The number of nitrogens with zero attached hydrogens (tertiary/aromatic N) is 2. The summed E-state index contributed by atoms with van der Waals surface area (Å²) in [6.07, 6.45) is 0. The molecule has 1 aromatic rings. The zero-order valence-electron chi connectivity index (χ0n) is 9.27. The highest BCUT2D eigenvalue weighted by Gasteiger charge is 2.42. The lowest BCUT2D eigenvalue weighted by atomic mass is 9.94. The Labute approximate surface area is 109 Å². The molecule has 0 N–H and O–H groups in total. The summed E-state index contributed by atoms with van der Waals surface area (Å²) < 4.78 is 0. The molecule has 0 saturated carbocycles. The van der Waals surface area contributed by atoms with Crippen LogP contribution < -0.4 is 0 Å². The van der Waals surface area contributed by atoms with Crippen molar-refractivity contribution in [3.63, 3.8) is 0 Å². The van der Waals surface area contributed by atoms with Crippen molar-refractivity contribution in [3.05, 3.63) is 43.9 Å². The third kappa shape index (κ3) is 2.39. The molecular formula is C11H12Cl2N2O2. The van der Waals surface area contributed by atoms with Gasteiger partial charge in [0.05, 0.1) is 12.5 Å². The lowest BCUT2D eigenvalue weighted by Crippen LogP contribution is -2.27. The third-order valence-corrected chi connectivity index (χ3v) is 3.77. The van der Waals surface area contributed by atoms with Crippen LogP contribution in [0.5, 0.6) is 0 Å². The summed E-state index contributed by atoms with van der Waals surface area (Å²) in [6, 6.07) is 4.54. The maximum atomic E-state index is 11.0. The van der Waals surface area contributed by atoms with Gasteiger partial charge in [-0.2, -0.15) is 0 Å². The zero-order chi connectivity index (χ0) is 12.6. The van der Waals surface area contributed by atoms with Crippen LogP contribution in [0.1, 0.15) is 11.5 Å². The smallest absolute Gasteiger partial charge is 0.233 e. The van der Waals surface area contributed by atoms with E-state index < -0.39 is 6.04 Å². The molecule has 0 aliphatic carbocycles. The molecule has 1 fully saturated rings. The van der Waals surface area contributed by atoms with Gasteiger partial charge >= 0.3 is 0 Å². The number of nitro groups is 1. The van der Waals surface area contributed by atoms with Crippen molar-refractivity contribution in [1.82, 2.24) is 4.90 Å². The SMILES string of the molecule is CN1CC(c2c(Cl)cccc2Cl)C([N+](=O)[O-])C1. The molecule has 2 atom stereocenters. The molecule has 6 heteroatoms. The van der Waals surface area contributed by atoms with E-state index in [9.17, 15) is 10.1 Å². The highest BCUT2D eigenvalue weighted by Crippen LogP contribution is 2.37. The molecule has 1 aromatic carbocycles. The van der Waals surface area contributed by atoms with Crippen molar-refractivity contribution >= 4 is 23.2 Å². The Balaban J connectivity index is 2.41. The van der Waals surface area contributed by atoms with Gasteiger partial charge in [-0.3, -0.25) is 15.0 Å². The van der Waals surface area contributed by atoms with Crippen molar-refractivity contribution in [1.29, 1.82) is 0 Å². The van der Waals surface area contributed by atoms with E-state index in [2.05, 4.69) is 0 Å². The summed E-state index contributed by atoms with van der Waals surface area (Å²) in [4.78, 5) is 12.7. The van der Waals surface area contributed by atoms with Gasteiger partial charge in [-0.05, 0) is 19.2 Å². The van der Waals surface area contributed by atoms with E-state index in [-0.39, 0.29) is 10.8 Å². The molecule has 4 nitrogen and oxygen atoms in total. The maximum absolute atomic E-state index is 11.0. The number of hydrogen-bond acceptors (Lipinski definition) is 3. The van der Waals surface area contributed by atoms with Gasteiger partial charge in [0.1, 0.15) is 0 Å². The van der Waals surface area contributed by atoms with Crippen LogP contribution in [-0.4, -0.2) is 36.0 Å². The second-order valence-corrected chi connectivity index (χ2v) is 5.13. The van der Waals surface area contributed by atoms with Crippen LogP contribution in [0.4, 0.5) is 0 Å². The van der Waals surface area contributed by atoms with Crippen LogP contribution in [-0.2, 0) is 0 Å². The Morgan fingerprint density at radius 3 is 2.47 bits per heavy atom. The first-order valence-corrected chi connectivity index (χ1v) is 6.02. The van der Waals surface area contributed by atoms with Crippen molar-refractivity contribution in [2.45, 2.75) is 12.0 Å². The summed E-state index contributed by atoms with van der Waals surface area (Å²) in [5.41, 5.74) is 0.696. The largest absolute Gasteiger partial charge is 0.299 e. The second-order valence-electron chi connectivity index (χ2n) is 4.32. The number of likely N-dealkylation sites (tertiary alicyclic amines) is 1. The van der Waals surface area contributed by atoms with Crippen molar-refractivity contribution in [3.8, 4) is 0 Å². The van der Waals surface area contributed by atoms with Crippen LogP contribution in [0.3, 0.4) is 0 Å². The van der Waals surface area contributed by atoms with Crippen molar-refractivity contribution in [2.75, 3.05) is 20.1 Å². The monoisotopic (exact) mass is 274 g/mol. The molecule has 2 rings (SSSR count). The highest BCUT2D eigenvalue weighted by atomic mass is 35.5. The van der Waals surface area contributed by atoms with E-state index in [1.165, 1.54) is 0 Å². The molecule has 0 bridgehead atoms. The predicted molar refractivity (Wildman–Crippen MR) is 67.5 cm³/mol. The van der Waals surface area contributed by atoms with Gasteiger partial charge in [0.2, 0.25) is 6.04 Å². The summed E-state index contributed by atoms with van der Waals surface area (Å²) in [7, 11) is 1.86. The van der Waals surface area contributed by atoms with Crippen LogP contribution in [0, 0.1) is 10.1 Å². The lowest BCUT2D eigenvalue weighted by Gasteiger charge is -2.15.